The van der Waals surface area contributed by atoms with Gasteiger partial charge in [-0.05, 0) is 7.05 Å². The summed E-state index contributed by atoms with van der Waals surface area (Å²) >= 11 is 0. The maximum absolute atomic E-state index is 10.9. The van der Waals surface area contributed by atoms with Crippen molar-refractivity contribution < 1.29 is 23.1 Å². The molecule has 0 saturated heterocycles. The Bertz CT molecular complexity index is 324. The van der Waals surface area contributed by atoms with Crippen molar-refractivity contribution in [3.05, 3.63) is 0 Å². The SMILES string of the molecule is CNS(=O)(=O)CCNC(=O)CCC(=O)O. The predicted octanol–water partition coefficient (Wildman–Crippen LogP) is -1.48. The number of carboxylic acids is 1. The fraction of sp³-hybridized carbons (Fsp3) is 0.714. The second kappa shape index (κ2) is 6.36. The lowest BCUT2D eigenvalue weighted by Gasteiger charge is -2.04. The molecule has 0 unspecified atom stereocenters. The van der Waals surface area contributed by atoms with Crippen LogP contribution >= 0.6 is 0 Å². The molecule has 0 spiro atoms. The van der Waals surface area contributed by atoms with E-state index in [-0.39, 0.29) is 25.1 Å². The van der Waals surface area contributed by atoms with Gasteiger partial charge in [0.05, 0.1) is 12.2 Å². The maximum Gasteiger partial charge on any atom is 0.303 e. The first kappa shape index (κ1) is 13.8. The molecule has 0 aliphatic carbocycles. The highest BCUT2D eigenvalue weighted by Crippen LogP contribution is 1.88. The molecular formula is C7H14N2O5S. The van der Waals surface area contributed by atoms with E-state index >= 15 is 0 Å². The van der Waals surface area contributed by atoms with Gasteiger partial charge in [0.25, 0.3) is 0 Å². The van der Waals surface area contributed by atoms with Crippen LogP contribution in [-0.4, -0.2) is 44.7 Å². The number of carboxylic acid groups (broad SMARTS) is 1. The molecule has 0 aromatic carbocycles. The van der Waals surface area contributed by atoms with Gasteiger partial charge in [-0.15, -0.1) is 0 Å². The molecule has 0 aromatic heterocycles. The first-order chi connectivity index (χ1) is 6.87. The smallest absolute Gasteiger partial charge is 0.303 e. The fourth-order valence-corrected chi connectivity index (χ4v) is 1.31. The van der Waals surface area contributed by atoms with Gasteiger partial charge in [0.15, 0.2) is 0 Å². The Morgan fingerprint density at radius 2 is 1.87 bits per heavy atom. The van der Waals surface area contributed by atoms with Crippen LogP contribution in [0, 0.1) is 0 Å². The van der Waals surface area contributed by atoms with E-state index in [0.29, 0.717) is 0 Å². The van der Waals surface area contributed by atoms with Crippen molar-refractivity contribution in [3.8, 4) is 0 Å². The summed E-state index contributed by atoms with van der Waals surface area (Å²) in [5.41, 5.74) is 0. The Morgan fingerprint density at radius 3 is 2.33 bits per heavy atom. The highest BCUT2D eigenvalue weighted by molar-refractivity contribution is 7.89. The first-order valence-corrected chi connectivity index (χ1v) is 5.92. The lowest BCUT2D eigenvalue weighted by molar-refractivity contribution is -0.138. The Hall–Kier alpha value is -1.15. The van der Waals surface area contributed by atoms with Gasteiger partial charge in [0.1, 0.15) is 0 Å². The molecule has 0 radical (unpaired) electrons. The average molecular weight is 238 g/mol. The molecule has 15 heavy (non-hydrogen) atoms. The number of rotatable bonds is 7. The lowest BCUT2D eigenvalue weighted by Crippen LogP contribution is -2.33. The van der Waals surface area contributed by atoms with Crippen molar-refractivity contribution in [1.82, 2.24) is 10.0 Å². The average Bonchev–Trinajstić information content (AvgIpc) is 2.14. The number of hydrogen-bond acceptors (Lipinski definition) is 4. The number of hydrogen-bond donors (Lipinski definition) is 3. The maximum atomic E-state index is 10.9. The standard InChI is InChI=1S/C7H14N2O5S/c1-8-15(13,14)5-4-9-6(10)2-3-7(11)12/h8H,2-5H2,1H3,(H,9,10)(H,11,12). The molecule has 7 nitrogen and oxygen atoms in total. The molecule has 88 valence electrons. The number of carbonyl (C=O) groups excluding carboxylic acids is 1. The Kier molecular flexibility index (Phi) is 5.87. The summed E-state index contributed by atoms with van der Waals surface area (Å²) in [7, 11) is -2.05. The molecule has 0 aliphatic heterocycles. The van der Waals surface area contributed by atoms with Crippen LogP contribution in [0.5, 0.6) is 0 Å². The molecule has 0 atom stereocenters. The van der Waals surface area contributed by atoms with E-state index in [1.54, 1.807) is 0 Å². The number of sulfonamides is 1. The van der Waals surface area contributed by atoms with Crippen molar-refractivity contribution in [2.75, 3.05) is 19.3 Å². The summed E-state index contributed by atoms with van der Waals surface area (Å²) in [6.07, 6.45) is -0.403. The fourth-order valence-electron chi connectivity index (χ4n) is 0.736. The summed E-state index contributed by atoms with van der Waals surface area (Å²) in [5, 5.41) is 10.6. The zero-order valence-electron chi connectivity index (χ0n) is 8.32. The number of nitrogens with one attached hydrogen (secondary N) is 2. The molecule has 1 amide bonds. The van der Waals surface area contributed by atoms with Crippen LogP contribution in [0.3, 0.4) is 0 Å². The van der Waals surface area contributed by atoms with Crippen molar-refractivity contribution in [1.29, 1.82) is 0 Å². The van der Waals surface area contributed by atoms with Crippen molar-refractivity contribution in [2.24, 2.45) is 0 Å². The molecule has 3 N–H and O–H groups in total. The second-order valence-electron chi connectivity index (χ2n) is 2.77. The van der Waals surface area contributed by atoms with E-state index in [4.69, 9.17) is 5.11 Å². The van der Waals surface area contributed by atoms with Gasteiger partial charge in [-0.1, -0.05) is 0 Å². The van der Waals surface area contributed by atoms with Crippen molar-refractivity contribution >= 4 is 21.9 Å². The van der Waals surface area contributed by atoms with Crippen molar-refractivity contribution in [2.45, 2.75) is 12.8 Å². The third-order valence-corrected chi connectivity index (χ3v) is 2.93. The molecule has 0 aromatic rings. The van der Waals surface area contributed by atoms with Gasteiger partial charge in [-0.25, -0.2) is 13.1 Å². The summed E-state index contributed by atoms with van der Waals surface area (Å²) < 4.78 is 23.9. The van der Waals surface area contributed by atoms with Crippen LogP contribution in [0.25, 0.3) is 0 Å². The van der Waals surface area contributed by atoms with Gasteiger partial charge >= 0.3 is 5.97 Å². The van der Waals surface area contributed by atoms with Crippen LogP contribution in [-0.2, 0) is 19.6 Å². The van der Waals surface area contributed by atoms with E-state index in [2.05, 4.69) is 10.0 Å². The zero-order chi connectivity index (χ0) is 11.9. The summed E-state index contributed by atoms with van der Waals surface area (Å²) in [6, 6.07) is 0. The van der Waals surface area contributed by atoms with Crippen LogP contribution in [0.2, 0.25) is 0 Å². The molecule has 0 saturated carbocycles. The normalized spacial score (nSPS) is 11.0. The van der Waals surface area contributed by atoms with E-state index in [1.807, 2.05) is 0 Å². The van der Waals surface area contributed by atoms with Gasteiger partial charge in [-0.3, -0.25) is 9.59 Å². The van der Waals surface area contributed by atoms with E-state index in [0.717, 1.165) is 0 Å². The van der Waals surface area contributed by atoms with Crippen LogP contribution in [0.15, 0.2) is 0 Å². The third-order valence-electron chi connectivity index (χ3n) is 1.57. The number of carbonyl (C=O) groups is 2. The minimum Gasteiger partial charge on any atom is -0.481 e. The summed E-state index contributed by atoms with van der Waals surface area (Å²) in [4.78, 5) is 21.0. The minimum absolute atomic E-state index is 0.0262. The lowest BCUT2D eigenvalue weighted by atomic mass is 10.3. The quantitative estimate of drug-likeness (QED) is 0.500. The molecule has 0 bridgehead atoms. The Morgan fingerprint density at radius 1 is 1.27 bits per heavy atom. The number of aliphatic carboxylic acids is 1. The summed E-state index contributed by atoms with van der Waals surface area (Å²) in [6.45, 7) is -0.0262. The molecule has 0 fully saturated rings. The predicted molar refractivity (Wildman–Crippen MR) is 52.7 cm³/mol. The molecule has 0 rings (SSSR count). The summed E-state index contributed by atoms with van der Waals surface area (Å²) in [5.74, 6) is -1.75. The monoisotopic (exact) mass is 238 g/mol. The number of amides is 1. The molecule has 0 heterocycles. The first-order valence-electron chi connectivity index (χ1n) is 4.27. The van der Waals surface area contributed by atoms with Crippen molar-refractivity contribution in [3.63, 3.8) is 0 Å². The highest BCUT2D eigenvalue weighted by Gasteiger charge is 2.08. The van der Waals surface area contributed by atoms with Crippen LogP contribution in [0.4, 0.5) is 0 Å². The largest absolute Gasteiger partial charge is 0.481 e. The Balaban J connectivity index is 3.69. The van der Waals surface area contributed by atoms with E-state index in [1.165, 1.54) is 7.05 Å². The second-order valence-corrected chi connectivity index (χ2v) is 4.81. The Labute approximate surface area is 87.9 Å². The molecule has 8 heteroatoms. The van der Waals surface area contributed by atoms with E-state index < -0.39 is 21.9 Å². The van der Waals surface area contributed by atoms with Crippen LogP contribution in [0.1, 0.15) is 12.8 Å². The van der Waals surface area contributed by atoms with E-state index in [9.17, 15) is 18.0 Å². The van der Waals surface area contributed by atoms with Gasteiger partial charge in [0, 0.05) is 13.0 Å². The zero-order valence-corrected chi connectivity index (χ0v) is 9.13. The third kappa shape index (κ3) is 7.89. The molecule has 0 aliphatic rings. The topological polar surface area (TPSA) is 113 Å². The highest BCUT2D eigenvalue weighted by atomic mass is 32.2. The molecular weight excluding hydrogens is 224 g/mol. The van der Waals surface area contributed by atoms with Crippen LogP contribution < -0.4 is 10.0 Å². The van der Waals surface area contributed by atoms with Gasteiger partial charge in [0.2, 0.25) is 15.9 Å². The van der Waals surface area contributed by atoms with Gasteiger partial charge in [-0.2, -0.15) is 0 Å². The van der Waals surface area contributed by atoms with Gasteiger partial charge < -0.3 is 10.4 Å². The minimum atomic E-state index is -3.33.